The van der Waals surface area contributed by atoms with E-state index in [0.717, 1.165) is 0 Å². The molecule has 0 fully saturated rings. The first-order valence-electron chi connectivity index (χ1n) is 4.57. The van der Waals surface area contributed by atoms with Crippen molar-refractivity contribution in [3.05, 3.63) is 0 Å². The predicted octanol–water partition coefficient (Wildman–Crippen LogP) is -6.72. The van der Waals surface area contributed by atoms with Gasteiger partial charge in [-0.3, -0.25) is 0 Å². The average molecular weight is 354 g/mol. The van der Waals surface area contributed by atoms with E-state index in [2.05, 4.69) is 0 Å². The molecule has 14 N–H and O–H groups in total. The second-order valence-corrected chi connectivity index (χ2v) is 3.13. The van der Waals surface area contributed by atoms with Crippen LogP contribution in [0.4, 0.5) is 0 Å². The van der Waals surface area contributed by atoms with Gasteiger partial charge >= 0.3 is 23.9 Å². The van der Waals surface area contributed by atoms with Gasteiger partial charge in [0.15, 0.2) is 24.4 Å². The Morgan fingerprint density at radius 1 is 0.435 bits per heavy atom. The highest BCUT2D eigenvalue weighted by Crippen LogP contribution is 1.93. The summed E-state index contributed by atoms with van der Waals surface area (Å²) in [5.74, 6) is -7.07. The Bertz CT molecular complexity index is 306. The molecule has 0 rings (SSSR count). The molecule has 0 aliphatic rings. The second-order valence-electron chi connectivity index (χ2n) is 3.13. The summed E-state index contributed by atoms with van der Waals surface area (Å²) in [5, 5.41) is 65.1. The van der Waals surface area contributed by atoms with E-state index in [9.17, 15) is 19.2 Å². The number of carboxylic acids is 4. The number of aliphatic hydroxyl groups is 4. The highest BCUT2D eigenvalue weighted by Gasteiger charge is 2.30. The van der Waals surface area contributed by atoms with E-state index < -0.39 is 48.3 Å². The van der Waals surface area contributed by atoms with Crippen LogP contribution in [0.25, 0.3) is 0 Å². The third kappa shape index (κ3) is 13.0. The van der Waals surface area contributed by atoms with Crippen LogP contribution in [0.15, 0.2) is 0 Å². The Balaban J connectivity index is -0.0000000831. The van der Waals surface area contributed by atoms with Gasteiger partial charge in [-0.25, -0.2) is 19.2 Å². The van der Waals surface area contributed by atoms with Gasteiger partial charge in [0.1, 0.15) is 0 Å². The van der Waals surface area contributed by atoms with Gasteiger partial charge in [-0.05, 0) is 0 Å². The van der Waals surface area contributed by atoms with Gasteiger partial charge in [-0.1, -0.05) is 0 Å². The summed E-state index contributed by atoms with van der Waals surface area (Å²) in [6.07, 6.45) is -9.06. The molecule has 15 heteroatoms. The van der Waals surface area contributed by atoms with Gasteiger partial charge in [0.05, 0.1) is 0 Å². The Morgan fingerprint density at radius 3 is 0.565 bits per heavy atom. The summed E-state index contributed by atoms with van der Waals surface area (Å²) in [4.78, 5) is 39.1. The number of aliphatic hydroxyl groups excluding tert-OH is 4. The number of carbonyl (C=O) groups is 4. The van der Waals surface area contributed by atoms with Gasteiger partial charge in [0, 0.05) is 0 Å². The minimum Gasteiger partial charge on any atom is -0.479 e. The molecule has 0 radical (unpaired) electrons. The molecule has 0 aliphatic heterocycles. The van der Waals surface area contributed by atoms with Crippen LogP contribution in [-0.4, -0.2) is 106 Å². The summed E-state index contributed by atoms with van der Waals surface area (Å²) in [7, 11) is 0. The molecule has 0 bridgehead atoms. The summed E-state index contributed by atoms with van der Waals surface area (Å²) >= 11 is 0. The van der Waals surface area contributed by atoms with E-state index in [-0.39, 0.29) is 16.4 Å². The number of carboxylic acid groups (broad SMARTS) is 4. The van der Waals surface area contributed by atoms with E-state index in [4.69, 9.17) is 40.9 Å². The zero-order valence-electron chi connectivity index (χ0n) is 11.0. The van der Waals surface area contributed by atoms with Crippen molar-refractivity contribution in [2.45, 2.75) is 24.4 Å². The number of hydrogen-bond donors (Lipinski definition) is 8. The first-order valence-corrected chi connectivity index (χ1v) is 4.57. The molecule has 0 aromatic heterocycles. The van der Waals surface area contributed by atoms with Crippen molar-refractivity contribution in [1.29, 1.82) is 0 Å². The predicted molar refractivity (Wildman–Crippen MR) is 65.4 cm³/mol. The maximum atomic E-state index is 9.77. The largest absolute Gasteiger partial charge is 0.479 e. The highest BCUT2D eigenvalue weighted by molar-refractivity contribution is 5.83. The number of rotatable bonds is 6. The first-order chi connectivity index (χ1) is 8.93. The normalized spacial score (nSPS) is 13.7. The molecule has 15 nitrogen and oxygen atoms in total. The Hall–Kier alpha value is -2.40. The first kappa shape index (κ1) is 32.5. The van der Waals surface area contributed by atoms with Crippen LogP contribution in [0.1, 0.15) is 0 Å². The SMILES string of the molecule is O.O.O.O=C(O)[C@H](O)[C@@H](O)C(=O)O.O=C(O)[C@H](O)[C@@H](O)C(=O)O. The molecule has 4 atom stereocenters. The van der Waals surface area contributed by atoms with Gasteiger partial charge < -0.3 is 57.3 Å². The molecule has 140 valence electrons. The van der Waals surface area contributed by atoms with Crippen molar-refractivity contribution in [2.24, 2.45) is 0 Å². The van der Waals surface area contributed by atoms with Crippen molar-refractivity contribution in [1.82, 2.24) is 0 Å². The summed E-state index contributed by atoms with van der Waals surface area (Å²) in [6.45, 7) is 0. The molecule has 0 heterocycles. The van der Waals surface area contributed by atoms with Crippen LogP contribution >= 0.6 is 0 Å². The quantitative estimate of drug-likeness (QED) is 0.220. The van der Waals surface area contributed by atoms with Crippen molar-refractivity contribution < 1.29 is 76.5 Å². The Morgan fingerprint density at radius 2 is 0.522 bits per heavy atom. The maximum Gasteiger partial charge on any atom is 0.335 e. The van der Waals surface area contributed by atoms with Gasteiger partial charge in [0.2, 0.25) is 0 Å². The summed E-state index contributed by atoms with van der Waals surface area (Å²) in [6, 6.07) is 0. The van der Waals surface area contributed by atoms with E-state index in [0.29, 0.717) is 0 Å². The van der Waals surface area contributed by atoms with Crippen molar-refractivity contribution in [3.8, 4) is 0 Å². The minimum atomic E-state index is -2.27. The molecule has 0 unspecified atom stereocenters. The van der Waals surface area contributed by atoms with Gasteiger partial charge in [-0.15, -0.1) is 0 Å². The lowest BCUT2D eigenvalue weighted by Crippen LogP contribution is -2.39. The molecule has 0 saturated heterocycles. The second kappa shape index (κ2) is 14.5. The molecule has 0 aromatic carbocycles. The highest BCUT2D eigenvalue weighted by atomic mass is 16.4. The fraction of sp³-hybridized carbons (Fsp3) is 0.500. The molecule has 0 aliphatic carbocycles. The zero-order valence-corrected chi connectivity index (χ0v) is 11.0. The van der Waals surface area contributed by atoms with Crippen LogP contribution in [0.5, 0.6) is 0 Å². The number of hydrogen-bond acceptors (Lipinski definition) is 8. The molecule has 0 aromatic rings. The minimum absolute atomic E-state index is 0. The van der Waals surface area contributed by atoms with Crippen LogP contribution in [0.3, 0.4) is 0 Å². The smallest absolute Gasteiger partial charge is 0.335 e. The van der Waals surface area contributed by atoms with Crippen molar-refractivity contribution in [2.75, 3.05) is 0 Å². The maximum absolute atomic E-state index is 9.77. The fourth-order valence-corrected chi connectivity index (χ4v) is 0.540. The average Bonchev–Trinajstić information content (AvgIpc) is 2.35. The van der Waals surface area contributed by atoms with E-state index in [1.165, 1.54) is 0 Å². The lowest BCUT2D eigenvalue weighted by molar-refractivity contribution is -0.165. The third-order valence-electron chi connectivity index (χ3n) is 1.61. The van der Waals surface area contributed by atoms with Crippen LogP contribution in [0.2, 0.25) is 0 Å². The topological polar surface area (TPSA) is 325 Å². The molecular weight excluding hydrogens is 336 g/mol. The summed E-state index contributed by atoms with van der Waals surface area (Å²) in [5.41, 5.74) is 0. The lowest BCUT2D eigenvalue weighted by Gasteiger charge is -2.07. The zero-order chi connectivity index (χ0) is 16.6. The van der Waals surface area contributed by atoms with E-state index in [1.54, 1.807) is 0 Å². The molecular formula is C8H18O15. The molecule has 0 saturated carbocycles. The van der Waals surface area contributed by atoms with Crippen LogP contribution < -0.4 is 0 Å². The lowest BCUT2D eigenvalue weighted by atomic mass is 10.2. The summed E-state index contributed by atoms with van der Waals surface area (Å²) < 4.78 is 0. The third-order valence-corrected chi connectivity index (χ3v) is 1.61. The standard InChI is InChI=1S/2C4H6O6.3H2O/c2*5-1(3(7)8)2(6)4(9)10;;;/h2*1-2,5-6H,(H,7,8)(H,9,10);3*1H2/t2*1-,2-;;;/m11.../s1. The van der Waals surface area contributed by atoms with Gasteiger partial charge in [-0.2, -0.15) is 0 Å². The van der Waals surface area contributed by atoms with Crippen LogP contribution in [-0.2, 0) is 19.2 Å². The van der Waals surface area contributed by atoms with E-state index >= 15 is 0 Å². The van der Waals surface area contributed by atoms with Crippen molar-refractivity contribution >= 4 is 23.9 Å². The van der Waals surface area contributed by atoms with Crippen molar-refractivity contribution in [3.63, 3.8) is 0 Å². The van der Waals surface area contributed by atoms with E-state index in [1.807, 2.05) is 0 Å². The Labute approximate surface area is 126 Å². The fourth-order valence-electron chi connectivity index (χ4n) is 0.540. The monoisotopic (exact) mass is 354 g/mol. The van der Waals surface area contributed by atoms with Crippen LogP contribution in [0, 0.1) is 0 Å². The molecule has 23 heavy (non-hydrogen) atoms. The molecule has 0 spiro atoms. The Kier molecular flexibility index (Phi) is 20.5. The molecule has 0 amide bonds. The van der Waals surface area contributed by atoms with Gasteiger partial charge in [0.25, 0.3) is 0 Å². The number of aliphatic carboxylic acids is 4.